The Balaban J connectivity index is 1.96. The molecule has 0 aromatic carbocycles. The van der Waals surface area contributed by atoms with Gasteiger partial charge in [-0.15, -0.1) is 0 Å². The van der Waals surface area contributed by atoms with Crippen LogP contribution in [0.25, 0.3) is 0 Å². The fourth-order valence-corrected chi connectivity index (χ4v) is 1.86. The lowest BCUT2D eigenvalue weighted by atomic mass is 10.4. The summed E-state index contributed by atoms with van der Waals surface area (Å²) in [5, 5.41) is 10.2. The van der Waals surface area contributed by atoms with Crippen molar-refractivity contribution in [2.45, 2.75) is 20.3 Å². The Morgan fingerprint density at radius 3 is 2.62 bits per heavy atom. The van der Waals surface area contributed by atoms with E-state index in [4.69, 9.17) is 4.52 Å². The molecule has 7 nitrogen and oxygen atoms in total. The topological polar surface area (TPSA) is 79.1 Å². The standard InChI is InChI=1S/C14H22N6O/c1-10-8-12(17-13-9-11(2)21-19-13)18-14(16-10)15-6-5-7-20(3)4/h8-9H,5-7H2,1-4H3,(H2,15,16,17,18,19). The molecular formula is C14H22N6O. The Morgan fingerprint density at radius 2 is 1.95 bits per heavy atom. The number of aromatic nitrogens is 3. The molecular weight excluding hydrogens is 268 g/mol. The molecule has 0 saturated carbocycles. The molecule has 2 heterocycles. The van der Waals surface area contributed by atoms with Gasteiger partial charge < -0.3 is 20.1 Å². The third-order valence-corrected chi connectivity index (χ3v) is 2.80. The van der Waals surface area contributed by atoms with Gasteiger partial charge in [0.05, 0.1) is 0 Å². The minimum absolute atomic E-state index is 0.622. The Bertz CT molecular complexity index is 581. The minimum Gasteiger partial charge on any atom is -0.360 e. The molecule has 2 aromatic heterocycles. The molecule has 0 atom stereocenters. The van der Waals surface area contributed by atoms with Crippen LogP contribution in [0.4, 0.5) is 17.6 Å². The molecule has 2 rings (SSSR count). The van der Waals surface area contributed by atoms with Crippen LogP contribution < -0.4 is 10.6 Å². The first kappa shape index (κ1) is 15.2. The van der Waals surface area contributed by atoms with E-state index in [1.165, 1.54) is 0 Å². The summed E-state index contributed by atoms with van der Waals surface area (Å²) in [5.74, 6) is 2.72. The van der Waals surface area contributed by atoms with Crippen molar-refractivity contribution >= 4 is 17.6 Å². The van der Waals surface area contributed by atoms with E-state index in [1.54, 1.807) is 0 Å². The van der Waals surface area contributed by atoms with Crippen molar-refractivity contribution in [2.75, 3.05) is 37.8 Å². The predicted molar refractivity (Wildman–Crippen MR) is 83.0 cm³/mol. The molecule has 0 spiro atoms. The van der Waals surface area contributed by atoms with Gasteiger partial charge in [-0.25, -0.2) is 4.98 Å². The summed E-state index contributed by atoms with van der Waals surface area (Å²) in [6.07, 6.45) is 1.04. The summed E-state index contributed by atoms with van der Waals surface area (Å²) < 4.78 is 5.02. The van der Waals surface area contributed by atoms with Gasteiger partial charge in [-0.2, -0.15) is 4.98 Å². The van der Waals surface area contributed by atoms with E-state index < -0.39 is 0 Å². The van der Waals surface area contributed by atoms with E-state index in [9.17, 15) is 0 Å². The van der Waals surface area contributed by atoms with Gasteiger partial charge in [0.25, 0.3) is 0 Å². The minimum atomic E-state index is 0.622. The maximum atomic E-state index is 5.02. The molecule has 2 aromatic rings. The van der Waals surface area contributed by atoms with Crippen molar-refractivity contribution in [3.05, 3.63) is 23.6 Å². The lowest BCUT2D eigenvalue weighted by molar-refractivity contribution is 0.400. The first-order valence-corrected chi connectivity index (χ1v) is 6.97. The highest BCUT2D eigenvalue weighted by Gasteiger charge is 2.05. The van der Waals surface area contributed by atoms with Crippen LogP contribution >= 0.6 is 0 Å². The third kappa shape index (κ3) is 5.03. The molecule has 0 unspecified atom stereocenters. The highest BCUT2D eigenvalue weighted by Crippen LogP contribution is 2.16. The van der Waals surface area contributed by atoms with Gasteiger partial charge in [0.1, 0.15) is 11.6 Å². The van der Waals surface area contributed by atoms with Crippen molar-refractivity contribution in [3.8, 4) is 0 Å². The van der Waals surface area contributed by atoms with Gasteiger partial charge in [-0.3, -0.25) is 0 Å². The molecule has 0 radical (unpaired) electrons. The zero-order valence-corrected chi connectivity index (χ0v) is 13.0. The van der Waals surface area contributed by atoms with Crippen molar-refractivity contribution in [3.63, 3.8) is 0 Å². The number of nitrogens with one attached hydrogen (secondary N) is 2. The van der Waals surface area contributed by atoms with E-state index in [2.05, 4.69) is 44.8 Å². The van der Waals surface area contributed by atoms with Gasteiger partial charge in [0, 0.05) is 24.4 Å². The highest BCUT2D eigenvalue weighted by atomic mass is 16.5. The van der Waals surface area contributed by atoms with Crippen LogP contribution in [0.15, 0.2) is 16.7 Å². The fourth-order valence-electron chi connectivity index (χ4n) is 1.86. The van der Waals surface area contributed by atoms with E-state index in [0.29, 0.717) is 17.6 Å². The molecule has 0 saturated heterocycles. The summed E-state index contributed by atoms with van der Waals surface area (Å²) in [6, 6.07) is 3.69. The maximum Gasteiger partial charge on any atom is 0.224 e. The average molecular weight is 290 g/mol. The zero-order valence-electron chi connectivity index (χ0n) is 13.0. The number of rotatable bonds is 7. The molecule has 21 heavy (non-hydrogen) atoms. The van der Waals surface area contributed by atoms with Crippen LogP contribution in [-0.2, 0) is 0 Å². The van der Waals surface area contributed by atoms with E-state index in [0.717, 1.165) is 31.0 Å². The van der Waals surface area contributed by atoms with Crippen molar-refractivity contribution < 1.29 is 4.52 Å². The number of hydrogen-bond donors (Lipinski definition) is 2. The average Bonchev–Trinajstić information content (AvgIpc) is 2.79. The summed E-state index contributed by atoms with van der Waals surface area (Å²) >= 11 is 0. The maximum absolute atomic E-state index is 5.02. The molecule has 2 N–H and O–H groups in total. The Labute approximate surface area is 124 Å². The van der Waals surface area contributed by atoms with E-state index >= 15 is 0 Å². The van der Waals surface area contributed by atoms with E-state index in [1.807, 2.05) is 26.0 Å². The van der Waals surface area contributed by atoms with Gasteiger partial charge in [0.15, 0.2) is 5.82 Å². The molecule has 114 valence electrons. The lowest BCUT2D eigenvalue weighted by Crippen LogP contribution is -2.17. The van der Waals surface area contributed by atoms with Crippen LogP contribution in [0, 0.1) is 13.8 Å². The van der Waals surface area contributed by atoms with E-state index in [-0.39, 0.29) is 0 Å². The molecule has 0 aliphatic carbocycles. The highest BCUT2D eigenvalue weighted by molar-refractivity contribution is 5.53. The number of hydrogen-bond acceptors (Lipinski definition) is 7. The van der Waals surface area contributed by atoms with Gasteiger partial charge in [-0.05, 0) is 40.9 Å². The summed E-state index contributed by atoms with van der Waals surface area (Å²) in [4.78, 5) is 11.0. The molecule has 0 amide bonds. The van der Waals surface area contributed by atoms with Gasteiger partial charge >= 0.3 is 0 Å². The zero-order chi connectivity index (χ0) is 15.2. The van der Waals surface area contributed by atoms with Crippen LogP contribution in [0.5, 0.6) is 0 Å². The summed E-state index contributed by atoms with van der Waals surface area (Å²) in [5.41, 5.74) is 0.892. The van der Waals surface area contributed by atoms with Crippen LogP contribution in [0.3, 0.4) is 0 Å². The first-order chi connectivity index (χ1) is 10.0. The molecule has 0 fully saturated rings. The monoisotopic (exact) mass is 290 g/mol. The quantitative estimate of drug-likeness (QED) is 0.757. The second-order valence-corrected chi connectivity index (χ2v) is 5.25. The largest absolute Gasteiger partial charge is 0.360 e. The molecule has 0 aliphatic rings. The summed E-state index contributed by atoms with van der Waals surface area (Å²) in [7, 11) is 4.12. The van der Waals surface area contributed by atoms with Crippen molar-refractivity contribution in [1.29, 1.82) is 0 Å². The Morgan fingerprint density at radius 1 is 1.14 bits per heavy atom. The second-order valence-electron chi connectivity index (χ2n) is 5.25. The first-order valence-electron chi connectivity index (χ1n) is 6.97. The molecule has 0 aliphatic heterocycles. The molecule has 0 bridgehead atoms. The summed E-state index contributed by atoms with van der Waals surface area (Å²) in [6.45, 7) is 5.65. The predicted octanol–water partition coefficient (Wildman–Crippen LogP) is 2.19. The Kier molecular flexibility index (Phi) is 5.10. The SMILES string of the molecule is Cc1cc(Nc2cc(C)on2)nc(NCCCN(C)C)n1. The lowest BCUT2D eigenvalue weighted by Gasteiger charge is -2.11. The van der Waals surface area contributed by atoms with Crippen LogP contribution in [-0.4, -0.2) is 47.2 Å². The second kappa shape index (κ2) is 7.03. The van der Waals surface area contributed by atoms with Crippen LogP contribution in [0.1, 0.15) is 17.9 Å². The fraction of sp³-hybridized carbons (Fsp3) is 0.500. The normalized spacial score (nSPS) is 10.9. The number of nitrogens with zero attached hydrogens (tertiary/aromatic N) is 4. The number of aryl methyl sites for hydroxylation is 2. The smallest absolute Gasteiger partial charge is 0.224 e. The number of anilines is 3. The van der Waals surface area contributed by atoms with Crippen molar-refractivity contribution in [1.82, 2.24) is 20.0 Å². The Hall–Kier alpha value is -2.15. The van der Waals surface area contributed by atoms with Gasteiger partial charge in [0.2, 0.25) is 5.95 Å². The third-order valence-electron chi connectivity index (χ3n) is 2.80. The van der Waals surface area contributed by atoms with Gasteiger partial charge in [-0.1, -0.05) is 5.16 Å². The molecule has 7 heteroatoms. The van der Waals surface area contributed by atoms with Crippen LogP contribution in [0.2, 0.25) is 0 Å². The van der Waals surface area contributed by atoms with Crippen molar-refractivity contribution in [2.24, 2.45) is 0 Å².